The lowest BCUT2D eigenvalue weighted by molar-refractivity contribution is -0.125. The minimum absolute atomic E-state index is 0.0532. The second-order valence-corrected chi connectivity index (χ2v) is 4.49. The lowest BCUT2D eigenvalue weighted by Crippen LogP contribution is -2.30. The molecule has 1 aromatic heterocycles. The minimum atomic E-state index is 0.0532. The number of rotatable bonds is 4. The highest BCUT2D eigenvalue weighted by atomic mass is 16.5. The third-order valence-electron chi connectivity index (χ3n) is 3.10. The van der Waals surface area contributed by atoms with Crippen molar-refractivity contribution in [3.63, 3.8) is 0 Å². The van der Waals surface area contributed by atoms with Crippen molar-refractivity contribution in [3.8, 4) is 0 Å². The zero-order chi connectivity index (χ0) is 12.1. The number of carbonyl (C=O) groups is 1. The first-order valence-electron chi connectivity index (χ1n) is 6.13. The first-order valence-corrected chi connectivity index (χ1v) is 6.13. The third-order valence-corrected chi connectivity index (χ3v) is 3.10. The number of aromatic amines is 1. The van der Waals surface area contributed by atoms with Crippen LogP contribution >= 0.6 is 0 Å². The molecule has 1 saturated heterocycles. The smallest absolute Gasteiger partial charge is 0.222 e. The molecule has 2 heterocycles. The molecule has 1 unspecified atom stereocenters. The monoisotopic (exact) mass is 237 g/mol. The Bertz CT molecular complexity index is 370. The summed E-state index contributed by atoms with van der Waals surface area (Å²) < 4.78 is 5.53. The fourth-order valence-corrected chi connectivity index (χ4v) is 2.00. The van der Waals surface area contributed by atoms with E-state index in [1.165, 1.54) is 6.42 Å². The molecule has 5 nitrogen and oxygen atoms in total. The predicted molar refractivity (Wildman–Crippen MR) is 63.4 cm³/mol. The SMILES string of the molecule is Cc1[nH]ncc1CNC(=O)CC1CCCCO1. The van der Waals surface area contributed by atoms with Crippen molar-refractivity contribution < 1.29 is 9.53 Å². The molecule has 94 valence electrons. The number of amides is 1. The summed E-state index contributed by atoms with van der Waals surface area (Å²) in [4.78, 5) is 11.7. The maximum absolute atomic E-state index is 11.7. The number of aromatic nitrogens is 2. The van der Waals surface area contributed by atoms with E-state index < -0.39 is 0 Å². The second kappa shape index (κ2) is 5.82. The molecular weight excluding hydrogens is 218 g/mol. The summed E-state index contributed by atoms with van der Waals surface area (Å²) in [5, 5.41) is 9.66. The topological polar surface area (TPSA) is 67.0 Å². The maximum atomic E-state index is 11.7. The highest BCUT2D eigenvalue weighted by Crippen LogP contribution is 2.15. The Morgan fingerprint density at radius 3 is 3.18 bits per heavy atom. The number of nitrogens with one attached hydrogen (secondary N) is 2. The molecule has 0 bridgehead atoms. The number of carbonyl (C=O) groups excluding carboxylic acids is 1. The van der Waals surface area contributed by atoms with Gasteiger partial charge in [0.25, 0.3) is 0 Å². The van der Waals surface area contributed by atoms with Crippen LogP contribution in [0.5, 0.6) is 0 Å². The zero-order valence-electron chi connectivity index (χ0n) is 10.2. The van der Waals surface area contributed by atoms with Crippen LogP contribution in [-0.4, -0.2) is 28.8 Å². The van der Waals surface area contributed by atoms with Gasteiger partial charge in [0.05, 0.1) is 18.7 Å². The van der Waals surface area contributed by atoms with Gasteiger partial charge in [-0.05, 0) is 26.2 Å². The lowest BCUT2D eigenvalue weighted by atomic mass is 10.1. The molecule has 0 saturated carbocycles. The first kappa shape index (κ1) is 12.1. The molecule has 1 amide bonds. The molecule has 17 heavy (non-hydrogen) atoms. The molecule has 0 aromatic carbocycles. The molecular formula is C12H19N3O2. The van der Waals surface area contributed by atoms with Gasteiger partial charge in [-0.25, -0.2) is 0 Å². The third kappa shape index (κ3) is 3.56. The van der Waals surface area contributed by atoms with E-state index in [2.05, 4.69) is 15.5 Å². The van der Waals surface area contributed by atoms with Gasteiger partial charge in [0.15, 0.2) is 0 Å². The molecule has 0 spiro atoms. The molecule has 1 atom stereocenters. The molecule has 2 rings (SSSR count). The van der Waals surface area contributed by atoms with E-state index in [4.69, 9.17) is 4.74 Å². The van der Waals surface area contributed by atoms with Crippen LogP contribution in [0.4, 0.5) is 0 Å². The van der Waals surface area contributed by atoms with E-state index in [9.17, 15) is 4.79 Å². The van der Waals surface area contributed by atoms with Crippen LogP contribution in [0.3, 0.4) is 0 Å². The highest BCUT2D eigenvalue weighted by molar-refractivity contribution is 5.76. The number of hydrogen-bond donors (Lipinski definition) is 2. The highest BCUT2D eigenvalue weighted by Gasteiger charge is 2.17. The average molecular weight is 237 g/mol. The fourth-order valence-electron chi connectivity index (χ4n) is 2.00. The van der Waals surface area contributed by atoms with Gasteiger partial charge in [0.2, 0.25) is 5.91 Å². The number of aryl methyl sites for hydroxylation is 1. The summed E-state index contributed by atoms with van der Waals surface area (Å²) in [5.74, 6) is 0.0532. The fraction of sp³-hybridized carbons (Fsp3) is 0.667. The number of ether oxygens (including phenoxy) is 1. The number of hydrogen-bond acceptors (Lipinski definition) is 3. The van der Waals surface area contributed by atoms with E-state index in [-0.39, 0.29) is 12.0 Å². The van der Waals surface area contributed by atoms with Gasteiger partial charge in [0, 0.05) is 24.4 Å². The Hall–Kier alpha value is -1.36. The van der Waals surface area contributed by atoms with Gasteiger partial charge in [0.1, 0.15) is 0 Å². The predicted octanol–water partition coefficient (Wildman–Crippen LogP) is 1.29. The van der Waals surface area contributed by atoms with Crippen LogP contribution < -0.4 is 5.32 Å². The summed E-state index contributed by atoms with van der Waals surface area (Å²) in [6.45, 7) is 3.27. The normalized spacial score (nSPS) is 20.2. The molecule has 0 aliphatic carbocycles. The molecule has 1 aliphatic heterocycles. The molecule has 2 N–H and O–H groups in total. The summed E-state index contributed by atoms with van der Waals surface area (Å²) in [7, 11) is 0. The van der Waals surface area contributed by atoms with Gasteiger partial charge in [-0.1, -0.05) is 0 Å². The van der Waals surface area contributed by atoms with Crippen LogP contribution in [0.1, 0.15) is 36.9 Å². The van der Waals surface area contributed by atoms with Crippen LogP contribution in [0.2, 0.25) is 0 Å². The minimum Gasteiger partial charge on any atom is -0.378 e. The average Bonchev–Trinajstić information content (AvgIpc) is 2.74. The maximum Gasteiger partial charge on any atom is 0.222 e. The number of H-pyrrole nitrogens is 1. The largest absolute Gasteiger partial charge is 0.378 e. The van der Waals surface area contributed by atoms with Crippen molar-refractivity contribution in [3.05, 3.63) is 17.5 Å². The Labute approximate surface area is 101 Å². The quantitative estimate of drug-likeness (QED) is 0.829. The van der Waals surface area contributed by atoms with Crippen molar-refractivity contribution in [2.24, 2.45) is 0 Å². The van der Waals surface area contributed by atoms with Crippen LogP contribution in [0.15, 0.2) is 6.20 Å². The van der Waals surface area contributed by atoms with Gasteiger partial charge >= 0.3 is 0 Å². The van der Waals surface area contributed by atoms with Crippen molar-refractivity contribution in [1.29, 1.82) is 0 Å². The van der Waals surface area contributed by atoms with Gasteiger partial charge in [-0.15, -0.1) is 0 Å². The molecule has 1 aromatic rings. The lowest BCUT2D eigenvalue weighted by Gasteiger charge is -2.21. The van der Waals surface area contributed by atoms with Gasteiger partial charge < -0.3 is 10.1 Å². The van der Waals surface area contributed by atoms with Gasteiger partial charge in [-0.2, -0.15) is 5.10 Å². The van der Waals surface area contributed by atoms with Gasteiger partial charge in [-0.3, -0.25) is 9.89 Å². The Balaban J connectivity index is 1.72. The summed E-state index contributed by atoms with van der Waals surface area (Å²) in [6.07, 6.45) is 5.60. The van der Waals surface area contributed by atoms with E-state index in [1.807, 2.05) is 6.92 Å². The number of nitrogens with zero attached hydrogens (tertiary/aromatic N) is 1. The van der Waals surface area contributed by atoms with Crippen LogP contribution in [-0.2, 0) is 16.1 Å². The van der Waals surface area contributed by atoms with E-state index in [0.717, 1.165) is 30.7 Å². The zero-order valence-corrected chi connectivity index (χ0v) is 10.2. The molecule has 0 radical (unpaired) electrons. The van der Waals surface area contributed by atoms with Crippen LogP contribution in [0.25, 0.3) is 0 Å². The van der Waals surface area contributed by atoms with E-state index >= 15 is 0 Å². The van der Waals surface area contributed by atoms with Crippen molar-refractivity contribution >= 4 is 5.91 Å². The van der Waals surface area contributed by atoms with Crippen molar-refractivity contribution in [1.82, 2.24) is 15.5 Å². The second-order valence-electron chi connectivity index (χ2n) is 4.49. The van der Waals surface area contributed by atoms with Crippen molar-refractivity contribution in [2.75, 3.05) is 6.61 Å². The molecule has 1 fully saturated rings. The summed E-state index contributed by atoms with van der Waals surface area (Å²) in [5.41, 5.74) is 2.03. The van der Waals surface area contributed by atoms with Crippen molar-refractivity contribution in [2.45, 2.75) is 45.3 Å². The Kier molecular flexibility index (Phi) is 4.14. The molecule has 1 aliphatic rings. The Morgan fingerprint density at radius 2 is 2.53 bits per heavy atom. The first-order chi connectivity index (χ1) is 8.25. The summed E-state index contributed by atoms with van der Waals surface area (Å²) in [6, 6.07) is 0. The standard InChI is InChI=1S/C12H19N3O2/c1-9-10(8-14-15-9)7-13-12(16)6-11-4-2-3-5-17-11/h8,11H,2-7H2,1H3,(H,13,16)(H,14,15). The van der Waals surface area contributed by atoms with E-state index in [0.29, 0.717) is 13.0 Å². The Morgan fingerprint density at radius 1 is 1.65 bits per heavy atom. The van der Waals surface area contributed by atoms with E-state index in [1.54, 1.807) is 6.20 Å². The van der Waals surface area contributed by atoms with Crippen LogP contribution in [0, 0.1) is 6.92 Å². The summed E-state index contributed by atoms with van der Waals surface area (Å²) >= 11 is 0. The molecule has 5 heteroatoms.